The van der Waals surface area contributed by atoms with Crippen LogP contribution in [0.15, 0.2) is 12.2 Å². The Labute approximate surface area is 177 Å². The Hall–Kier alpha value is -0.910. The first-order valence-electron chi connectivity index (χ1n) is 11.9. The van der Waals surface area contributed by atoms with E-state index in [9.17, 15) is 20.1 Å². The molecule has 0 aromatic rings. The Bertz CT molecular complexity index is 435. The van der Waals surface area contributed by atoms with E-state index in [2.05, 4.69) is 0 Å². The fraction of sp³-hybridized carbons (Fsp3) is 0.875. The van der Waals surface area contributed by atoms with E-state index in [1.54, 1.807) is 6.92 Å². The van der Waals surface area contributed by atoms with E-state index in [-0.39, 0.29) is 12.5 Å². The Balaban J connectivity index is 2.56. The first kappa shape index (κ1) is 26.1. The van der Waals surface area contributed by atoms with Gasteiger partial charge < -0.3 is 20.1 Å². The van der Waals surface area contributed by atoms with Gasteiger partial charge in [0.1, 0.15) is 6.10 Å². The van der Waals surface area contributed by atoms with E-state index >= 15 is 0 Å². The maximum absolute atomic E-state index is 12.2. The van der Waals surface area contributed by atoms with Crippen molar-refractivity contribution in [3.63, 3.8) is 0 Å². The molecule has 0 saturated carbocycles. The first-order chi connectivity index (χ1) is 14.0. The van der Waals surface area contributed by atoms with Crippen LogP contribution in [-0.4, -0.2) is 45.7 Å². The fourth-order valence-corrected chi connectivity index (χ4v) is 4.00. The minimum atomic E-state index is -0.687. The van der Waals surface area contributed by atoms with E-state index in [1.807, 2.05) is 0 Å². The van der Waals surface area contributed by atoms with Crippen molar-refractivity contribution in [1.29, 1.82) is 0 Å². The summed E-state index contributed by atoms with van der Waals surface area (Å²) in [6, 6.07) is 0. The van der Waals surface area contributed by atoms with Gasteiger partial charge >= 0.3 is 5.97 Å². The van der Waals surface area contributed by atoms with Crippen molar-refractivity contribution in [2.45, 2.75) is 134 Å². The lowest BCUT2D eigenvalue weighted by Gasteiger charge is -2.21. The second-order valence-corrected chi connectivity index (χ2v) is 8.78. The van der Waals surface area contributed by atoms with E-state index in [1.165, 1.54) is 63.5 Å². The summed E-state index contributed by atoms with van der Waals surface area (Å²) in [5.41, 5.74) is 0. The van der Waals surface area contributed by atoms with Gasteiger partial charge in [0, 0.05) is 12.5 Å². The van der Waals surface area contributed by atoms with Crippen molar-refractivity contribution in [3.05, 3.63) is 12.2 Å². The number of ether oxygens (including phenoxy) is 1. The molecule has 0 aromatic carbocycles. The van der Waals surface area contributed by atoms with Gasteiger partial charge in [0.15, 0.2) is 0 Å². The molecule has 29 heavy (non-hydrogen) atoms. The summed E-state index contributed by atoms with van der Waals surface area (Å²) in [7, 11) is 0. The molecule has 0 fully saturated rings. The van der Waals surface area contributed by atoms with Crippen LogP contribution in [0, 0.1) is 0 Å². The summed E-state index contributed by atoms with van der Waals surface area (Å²) in [6.07, 6.45) is 17.0. The molecule has 0 radical (unpaired) electrons. The Morgan fingerprint density at radius 1 is 0.897 bits per heavy atom. The third-order valence-electron chi connectivity index (χ3n) is 5.66. The second-order valence-electron chi connectivity index (χ2n) is 8.78. The normalized spacial score (nSPS) is 28.1. The van der Waals surface area contributed by atoms with Crippen LogP contribution in [0.1, 0.15) is 110 Å². The third kappa shape index (κ3) is 15.6. The summed E-state index contributed by atoms with van der Waals surface area (Å²) in [5, 5.41) is 29.6. The van der Waals surface area contributed by atoms with Crippen LogP contribution in [0.4, 0.5) is 0 Å². The largest absolute Gasteiger partial charge is 0.459 e. The zero-order valence-corrected chi connectivity index (χ0v) is 18.4. The maximum Gasteiger partial charge on any atom is 0.330 e. The molecule has 1 aliphatic rings. The number of hydrogen-bond donors (Lipinski definition) is 3. The quantitative estimate of drug-likeness (QED) is 0.577. The molecule has 5 nitrogen and oxygen atoms in total. The predicted octanol–water partition coefficient (Wildman–Crippen LogP) is 4.81. The third-order valence-corrected chi connectivity index (χ3v) is 5.66. The van der Waals surface area contributed by atoms with Crippen LogP contribution < -0.4 is 0 Å². The Kier molecular flexibility index (Phi) is 15.2. The summed E-state index contributed by atoms with van der Waals surface area (Å²) >= 11 is 0. The smallest absolute Gasteiger partial charge is 0.330 e. The lowest BCUT2D eigenvalue weighted by Crippen LogP contribution is -2.25. The van der Waals surface area contributed by atoms with Crippen LogP contribution >= 0.6 is 0 Å². The SMILES string of the molecule is C[C@@H](O)C[C@@H](O)C[C@@H]1CCCCCCCCCCCCCC[C@H](O)/C=C\C(=O)O1. The van der Waals surface area contributed by atoms with Crippen LogP contribution in [-0.2, 0) is 9.53 Å². The average Bonchev–Trinajstić information content (AvgIpc) is 2.65. The summed E-state index contributed by atoms with van der Waals surface area (Å²) in [6.45, 7) is 1.65. The number of esters is 1. The molecule has 1 aliphatic heterocycles. The molecule has 0 amide bonds. The highest BCUT2D eigenvalue weighted by Crippen LogP contribution is 2.18. The highest BCUT2D eigenvalue weighted by molar-refractivity contribution is 5.82. The number of aliphatic hydroxyl groups is 3. The number of aliphatic hydroxyl groups excluding tert-OH is 3. The summed E-state index contributed by atoms with van der Waals surface area (Å²) in [5.74, 6) is -0.465. The minimum absolute atomic E-state index is 0.280. The molecule has 4 atom stereocenters. The number of hydrogen-bond acceptors (Lipinski definition) is 5. The van der Waals surface area contributed by atoms with Gasteiger partial charge in [-0.2, -0.15) is 0 Å². The van der Waals surface area contributed by atoms with Crippen LogP contribution in [0.3, 0.4) is 0 Å². The molecule has 0 aliphatic carbocycles. The summed E-state index contributed by atoms with van der Waals surface area (Å²) in [4.78, 5) is 12.2. The monoisotopic (exact) mass is 412 g/mol. The molecule has 0 bridgehead atoms. The van der Waals surface area contributed by atoms with Crippen molar-refractivity contribution in [2.24, 2.45) is 0 Å². The van der Waals surface area contributed by atoms with Gasteiger partial charge in [0.05, 0.1) is 18.3 Å². The lowest BCUT2D eigenvalue weighted by atomic mass is 10.00. The topological polar surface area (TPSA) is 87.0 Å². The fourth-order valence-electron chi connectivity index (χ4n) is 4.00. The van der Waals surface area contributed by atoms with E-state index in [0.29, 0.717) is 12.8 Å². The van der Waals surface area contributed by atoms with Gasteiger partial charge in [-0.05, 0) is 38.7 Å². The zero-order chi connectivity index (χ0) is 21.3. The number of cyclic esters (lactones) is 1. The molecule has 0 unspecified atom stereocenters. The van der Waals surface area contributed by atoms with Crippen molar-refractivity contribution in [2.75, 3.05) is 0 Å². The molecule has 1 heterocycles. The number of carbonyl (C=O) groups is 1. The van der Waals surface area contributed by atoms with Crippen molar-refractivity contribution in [3.8, 4) is 0 Å². The van der Waals surface area contributed by atoms with Crippen molar-refractivity contribution in [1.82, 2.24) is 0 Å². The molecule has 1 rings (SSSR count). The van der Waals surface area contributed by atoms with Crippen LogP contribution in [0.2, 0.25) is 0 Å². The Morgan fingerprint density at radius 2 is 1.38 bits per heavy atom. The van der Waals surface area contributed by atoms with Crippen LogP contribution in [0.25, 0.3) is 0 Å². The van der Waals surface area contributed by atoms with E-state index in [4.69, 9.17) is 4.74 Å². The molecule has 3 N–H and O–H groups in total. The van der Waals surface area contributed by atoms with E-state index < -0.39 is 24.3 Å². The lowest BCUT2D eigenvalue weighted by molar-refractivity contribution is -0.145. The summed E-state index contributed by atoms with van der Waals surface area (Å²) < 4.78 is 5.55. The zero-order valence-electron chi connectivity index (χ0n) is 18.4. The highest BCUT2D eigenvalue weighted by Gasteiger charge is 2.19. The molecule has 0 spiro atoms. The molecule has 170 valence electrons. The highest BCUT2D eigenvalue weighted by atomic mass is 16.5. The predicted molar refractivity (Wildman–Crippen MR) is 117 cm³/mol. The molecule has 0 aromatic heterocycles. The average molecular weight is 413 g/mol. The minimum Gasteiger partial charge on any atom is -0.459 e. The van der Waals surface area contributed by atoms with Gasteiger partial charge in [-0.15, -0.1) is 0 Å². The molecule has 0 saturated heterocycles. The van der Waals surface area contributed by atoms with Gasteiger partial charge in [-0.3, -0.25) is 0 Å². The number of carbonyl (C=O) groups excluding carboxylic acids is 1. The van der Waals surface area contributed by atoms with Gasteiger partial charge in [-0.1, -0.05) is 70.6 Å². The molecular weight excluding hydrogens is 368 g/mol. The van der Waals surface area contributed by atoms with Crippen molar-refractivity contribution >= 4 is 5.97 Å². The molecule has 5 heteroatoms. The Morgan fingerprint density at radius 3 is 1.90 bits per heavy atom. The maximum atomic E-state index is 12.2. The van der Waals surface area contributed by atoms with Crippen LogP contribution in [0.5, 0.6) is 0 Å². The number of rotatable bonds is 4. The van der Waals surface area contributed by atoms with Gasteiger partial charge in [0.25, 0.3) is 0 Å². The molecular formula is C24H44O5. The van der Waals surface area contributed by atoms with Gasteiger partial charge in [-0.25, -0.2) is 4.79 Å². The first-order valence-corrected chi connectivity index (χ1v) is 11.9. The van der Waals surface area contributed by atoms with E-state index in [0.717, 1.165) is 32.1 Å². The standard InChI is InChI=1S/C24H44O5/c1-20(25)18-22(27)19-23-15-13-11-9-7-5-3-2-4-6-8-10-12-14-21(26)16-17-24(28)29-23/h16-17,20-23,25-27H,2-15,18-19H2,1H3/b17-16-/t20-,21+,22-,23+/m1/s1. The van der Waals surface area contributed by atoms with Gasteiger partial charge in [0.2, 0.25) is 0 Å². The van der Waals surface area contributed by atoms with Crippen molar-refractivity contribution < 1.29 is 24.9 Å². The second kappa shape index (κ2) is 16.8.